The fraction of sp³-hybridized carbons (Fsp3) is 0.250. The maximum Gasteiger partial charge on any atom is 0.321 e. The van der Waals surface area contributed by atoms with Gasteiger partial charge in [-0.3, -0.25) is 9.69 Å². The third-order valence-corrected chi connectivity index (χ3v) is 4.87. The molecule has 5 nitrogen and oxygen atoms in total. The quantitative estimate of drug-likeness (QED) is 0.780. The largest absolute Gasteiger partial charge is 0.480 e. The van der Waals surface area contributed by atoms with E-state index < -0.39 is 12.0 Å². The average Bonchev–Trinajstić information content (AvgIpc) is 3.13. The number of hydrogen-bond acceptors (Lipinski definition) is 4. The predicted octanol–water partition coefficient (Wildman–Crippen LogP) is 2.64. The maximum absolute atomic E-state index is 11.7. The molecule has 1 aromatic carbocycles. The lowest BCUT2D eigenvalue weighted by Crippen LogP contribution is -2.45. The summed E-state index contributed by atoms with van der Waals surface area (Å²) in [4.78, 5) is 21.4. The first kappa shape index (κ1) is 13.5. The summed E-state index contributed by atoms with van der Waals surface area (Å²) in [5.41, 5.74) is 6.04. The summed E-state index contributed by atoms with van der Waals surface area (Å²) in [6.45, 7) is 1.17. The van der Waals surface area contributed by atoms with E-state index in [2.05, 4.69) is 16.0 Å². The van der Waals surface area contributed by atoms with Gasteiger partial charge in [-0.15, -0.1) is 11.3 Å². The molecule has 2 N–H and O–H groups in total. The van der Waals surface area contributed by atoms with Crippen molar-refractivity contribution in [1.82, 2.24) is 14.9 Å². The Kier molecular flexibility index (Phi) is 3.20. The van der Waals surface area contributed by atoms with E-state index in [1.165, 1.54) is 11.3 Å². The fourth-order valence-corrected chi connectivity index (χ4v) is 3.74. The van der Waals surface area contributed by atoms with Crippen LogP contribution in [0.2, 0.25) is 0 Å². The van der Waals surface area contributed by atoms with Crippen molar-refractivity contribution in [3.8, 4) is 0 Å². The van der Waals surface area contributed by atoms with Gasteiger partial charge in [0.2, 0.25) is 0 Å². The molecule has 2 aromatic heterocycles. The summed E-state index contributed by atoms with van der Waals surface area (Å²) < 4.78 is 0. The van der Waals surface area contributed by atoms with Crippen molar-refractivity contribution in [2.75, 3.05) is 0 Å². The summed E-state index contributed by atoms with van der Waals surface area (Å²) in [7, 11) is 0. The van der Waals surface area contributed by atoms with Gasteiger partial charge in [-0.2, -0.15) is 0 Å². The molecule has 0 saturated carbocycles. The second-order valence-electron chi connectivity index (χ2n) is 5.57. The first-order valence-electron chi connectivity index (χ1n) is 7.15. The Balaban J connectivity index is 1.73. The molecule has 6 heteroatoms. The molecule has 0 aliphatic carbocycles. The number of carboxylic acid groups (broad SMARTS) is 1. The molecule has 0 spiro atoms. The number of carbonyl (C=O) groups is 1. The smallest absolute Gasteiger partial charge is 0.321 e. The van der Waals surface area contributed by atoms with Crippen LogP contribution in [-0.4, -0.2) is 32.0 Å². The van der Waals surface area contributed by atoms with E-state index in [4.69, 9.17) is 0 Å². The molecule has 0 radical (unpaired) electrons. The number of aromatic nitrogens is 2. The molecule has 0 amide bonds. The van der Waals surface area contributed by atoms with Crippen molar-refractivity contribution in [3.05, 3.63) is 52.1 Å². The highest BCUT2D eigenvalue weighted by Gasteiger charge is 2.33. The number of fused-ring (bicyclic) bond motifs is 3. The zero-order valence-corrected chi connectivity index (χ0v) is 12.6. The number of para-hydroxylation sites is 1. The van der Waals surface area contributed by atoms with Crippen LogP contribution in [0.4, 0.5) is 0 Å². The summed E-state index contributed by atoms with van der Waals surface area (Å²) >= 11 is 1.53. The SMILES string of the molecule is O=C(O)[C@@H]1Cc2c([nH]c3ccccc23)CN1Cc1cscn1. The van der Waals surface area contributed by atoms with E-state index in [-0.39, 0.29) is 0 Å². The zero-order valence-electron chi connectivity index (χ0n) is 11.8. The standard InChI is InChI=1S/C16H15N3O2S/c20-16(21)15-5-12-11-3-1-2-4-13(11)18-14(12)7-19(15)6-10-8-22-9-17-10/h1-4,8-9,15,18H,5-7H2,(H,20,21)/t15-/m0/s1. The Morgan fingerprint density at radius 2 is 2.32 bits per heavy atom. The van der Waals surface area contributed by atoms with E-state index >= 15 is 0 Å². The molecule has 1 aliphatic heterocycles. The minimum atomic E-state index is -0.772. The number of carboxylic acids is 1. The monoisotopic (exact) mass is 313 g/mol. The first-order chi connectivity index (χ1) is 10.7. The van der Waals surface area contributed by atoms with Crippen molar-refractivity contribution in [1.29, 1.82) is 0 Å². The van der Waals surface area contributed by atoms with Gasteiger partial charge in [0.1, 0.15) is 6.04 Å². The molecule has 3 heterocycles. The highest BCUT2D eigenvalue weighted by molar-refractivity contribution is 7.07. The zero-order chi connectivity index (χ0) is 15.1. The summed E-state index contributed by atoms with van der Waals surface area (Å²) in [6, 6.07) is 7.57. The number of nitrogens with zero attached hydrogens (tertiary/aromatic N) is 2. The number of thiazole rings is 1. The van der Waals surface area contributed by atoms with Gasteiger partial charge in [-0.05, 0) is 11.6 Å². The maximum atomic E-state index is 11.7. The fourth-order valence-electron chi connectivity index (χ4n) is 3.19. The third-order valence-electron chi connectivity index (χ3n) is 4.24. The minimum Gasteiger partial charge on any atom is -0.480 e. The van der Waals surface area contributed by atoms with Crippen LogP contribution in [0, 0.1) is 0 Å². The molecule has 112 valence electrons. The third kappa shape index (κ3) is 2.20. The Morgan fingerprint density at radius 3 is 3.09 bits per heavy atom. The van der Waals surface area contributed by atoms with Crippen molar-refractivity contribution in [3.63, 3.8) is 0 Å². The van der Waals surface area contributed by atoms with E-state index in [9.17, 15) is 9.90 Å². The van der Waals surface area contributed by atoms with Crippen LogP contribution in [-0.2, 0) is 24.3 Å². The molecule has 0 fully saturated rings. The number of aromatic amines is 1. The van der Waals surface area contributed by atoms with Gasteiger partial charge in [0.25, 0.3) is 0 Å². The molecule has 22 heavy (non-hydrogen) atoms. The molecule has 4 rings (SSSR count). The van der Waals surface area contributed by atoms with Crippen LogP contribution in [0.25, 0.3) is 10.9 Å². The minimum absolute atomic E-state index is 0.506. The number of H-pyrrole nitrogens is 1. The van der Waals surface area contributed by atoms with Gasteiger partial charge in [0, 0.05) is 41.5 Å². The number of rotatable bonds is 3. The van der Waals surface area contributed by atoms with Crippen molar-refractivity contribution in [2.45, 2.75) is 25.6 Å². The van der Waals surface area contributed by atoms with E-state index in [0.29, 0.717) is 19.5 Å². The summed E-state index contributed by atoms with van der Waals surface area (Å²) in [5, 5.41) is 12.7. The van der Waals surface area contributed by atoms with Gasteiger partial charge in [0.05, 0.1) is 11.2 Å². The first-order valence-corrected chi connectivity index (χ1v) is 8.09. The molecule has 0 saturated heterocycles. The van der Waals surface area contributed by atoms with E-state index in [1.54, 1.807) is 5.51 Å². The molecule has 0 bridgehead atoms. The van der Waals surface area contributed by atoms with Crippen LogP contribution in [0.3, 0.4) is 0 Å². The highest BCUT2D eigenvalue weighted by atomic mass is 32.1. The van der Waals surface area contributed by atoms with Crippen LogP contribution >= 0.6 is 11.3 Å². The molecule has 1 aliphatic rings. The number of aliphatic carboxylic acids is 1. The van der Waals surface area contributed by atoms with Crippen LogP contribution in [0.1, 0.15) is 17.0 Å². The van der Waals surface area contributed by atoms with E-state index in [1.807, 2.05) is 28.5 Å². The average molecular weight is 313 g/mol. The van der Waals surface area contributed by atoms with Gasteiger partial charge in [-0.1, -0.05) is 18.2 Å². The molecule has 1 atom stereocenters. The van der Waals surface area contributed by atoms with Gasteiger partial charge < -0.3 is 10.1 Å². The molecular formula is C16H15N3O2S. The Bertz CT molecular complexity index is 825. The van der Waals surface area contributed by atoms with Crippen LogP contribution < -0.4 is 0 Å². The van der Waals surface area contributed by atoms with Crippen molar-refractivity contribution < 1.29 is 9.90 Å². The normalized spacial score (nSPS) is 18.5. The predicted molar refractivity (Wildman–Crippen MR) is 84.8 cm³/mol. The van der Waals surface area contributed by atoms with Crippen molar-refractivity contribution >= 4 is 28.2 Å². The number of hydrogen-bond donors (Lipinski definition) is 2. The van der Waals surface area contributed by atoms with Gasteiger partial charge in [-0.25, -0.2) is 4.98 Å². The molecular weight excluding hydrogens is 298 g/mol. The highest BCUT2D eigenvalue weighted by Crippen LogP contribution is 2.31. The number of nitrogens with one attached hydrogen (secondary N) is 1. The number of benzene rings is 1. The van der Waals surface area contributed by atoms with Gasteiger partial charge >= 0.3 is 5.97 Å². The van der Waals surface area contributed by atoms with Crippen LogP contribution in [0.5, 0.6) is 0 Å². The lowest BCUT2D eigenvalue weighted by Gasteiger charge is -2.32. The van der Waals surface area contributed by atoms with E-state index in [0.717, 1.165) is 27.9 Å². The summed E-state index contributed by atoms with van der Waals surface area (Å²) in [6.07, 6.45) is 0.527. The van der Waals surface area contributed by atoms with Crippen LogP contribution in [0.15, 0.2) is 35.2 Å². The Morgan fingerprint density at radius 1 is 1.45 bits per heavy atom. The lowest BCUT2D eigenvalue weighted by atomic mass is 9.96. The second kappa shape index (κ2) is 5.23. The summed E-state index contributed by atoms with van der Waals surface area (Å²) in [5.74, 6) is -0.772. The topological polar surface area (TPSA) is 69.2 Å². The lowest BCUT2D eigenvalue weighted by molar-refractivity contribution is -0.144. The van der Waals surface area contributed by atoms with Crippen molar-refractivity contribution in [2.24, 2.45) is 0 Å². The Labute approximate surface area is 131 Å². The second-order valence-corrected chi connectivity index (χ2v) is 6.29. The molecule has 3 aromatic rings. The molecule has 0 unspecified atom stereocenters. The Hall–Kier alpha value is -2.18. The van der Waals surface area contributed by atoms with Gasteiger partial charge in [0.15, 0.2) is 0 Å².